The zero-order valence-electron chi connectivity index (χ0n) is 18.4. The number of non-ortho nitro benzene ring substituents is 1. The van der Waals surface area contributed by atoms with Gasteiger partial charge in [-0.3, -0.25) is 14.8 Å². The van der Waals surface area contributed by atoms with Crippen LogP contribution in [0.15, 0.2) is 47.4 Å². The van der Waals surface area contributed by atoms with Crippen LogP contribution in [0.2, 0.25) is 0 Å². The molecule has 10 heteroatoms. The standard InChI is InChI=1S/C22H25FN4O4S/c1-15-11-20(27(28)29)14-22(16(15)2)32(30,31)25(3)10-6-9-19-13-21(26(4)24-19)17-7-5-8-18(23)12-17/h5,7-8,11-14H,6,9-10H2,1-4H3. The maximum atomic E-state index is 13.5. The maximum absolute atomic E-state index is 13.5. The number of aromatic nitrogens is 2. The van der Waals surface area contributed by atoms with E-state index in [-0.39, 0.29) is 22.9 Å². The van der Waals surface area contributed by atoms with E-state index in [1.807, 2.05) is 6.07 Å². The summed E-state index contributed by atoms with van der Waals surface area (Å²) in [5, 5.41) is 15.6. The van der Waals surface area contributed by atoms with Crippen molar-refractivity contribution in [2.24, 2.45) is 7.05 Å². The van der Waals surface area contributed by atoms with Crippen molar-refractivity contribution in [2.75, 3.05) is 13.6 Å². The van der Waals surface area contributed by atoms with Crippen LogP contribution in [0.5, 0.6) is 0 Å². The highest BCUT2D eigenvalue weighted by Gasteiger charge is 2.26. The molecule has 0 aliphatic rings. The SMILES string of the molecule is Cc1cc([N+](=O)[O-])cc(S(=O)(=O)N(C)CCCc2cc(-c3cccc(F)c3)n(C)n2)c1C. The fraction of sp³-hybridized carbons (Fsp3) is 0.318. The summed E-state index contributed by atoms with van der Waals surface area (Å²) in [7, 11) is -0.662. The Morgan fingerprint density at radius 1 is 1.19 bits per heavy atom. The largest absolute Gasteiger partial charge is 0.271 e. The molecule has 0 aliphatic heterocycles. The number of halogens is 1. The normalized spacial score (nSPS) is 11.8. The molecule has 0 spiro atoms. The molecule has 32 heavy (non-hydrogen) atoms. The van der Waals surface area contributed by atoms with Gasteiger partial charge in [-0.15, -0.1) is 0 Å². The number of nitro benzene ring substituents is 1. The van der Waals surface area contributed by atoms with Crippen LogP contribution >= 0.6 is 0 Å². The van der Waals surface area contributed by atoms with Crippen molar-refractivity contribution in [1.29, 1.82) is 0 Å². The van der Waals surface area contributed by atoms with Gasteiger partial charge in [-0.1, -0.05) is 12.1 Å². The number of nitrogens with zero attached hydrogens (tertiary/aromatic N) is 4. The van der Waals surface area contributed by atoms with Gasteiger partial charge in [-0.2, -0.15) is 5.10 Å². The molecule has 0 N–H and O–H groups in total. The van der Waals surface area contributed by atoms with Gasteiger partial charge in [-0.25, -0.2) is 17.1 Å². The number of nitro groups is 1. The Bertz CT molecular complexity index is 1270. The zero-order chi connectivity index (χ0) is 23.6. The molecule has 0 fully saturated rings. The van der Waals surface area contributed by atoms with Crippen LogP contribution in [0.3, 0.4) is 0 Å². The minimum atomic E-state index is -3.89. The van der Waals surface area contributed by atoms with Crippen molar-refractivity contribution >= 4 is 15.7 Å². The summed E-state index contributed by atoms with van der Waals surface area (Å²) in [6.45, 7) is 3.51. The Balaban J connectivity index is 1.72. The molecule has 0 radical (unpaired) electrons. The fourth-order valence-corrected chi connectivity index (χ4v) is 5.04. The van der Waals surface area contributed by atoms with Crippen LogP contribution in [-0.2, 0) is 23.5 Å². The van der Waals surface area contributed by atoms with Gasteiger partial charge in [0.15, 0.2) is 0 Å². The highest BCUT2D eigenvalue weighted by molar-refractivity contribution is 7.89. The maximum Gasteiger partial charge on any atom is 0.271 e. The smallest absolute Gasteiger partial charge is 0.268 e. The molecule has 0 saturated carbocycles. The summed E-state index contributed by atoms with van der Waals surface area (Å²) in [6.07, 6.45) is 1.03. The summed E-state index contributed by atoms with van der Waals surface area (Å²) >= 11 is 0. The average molecular weight is 461 g/mol. The molecule has 0 atom stereocenters. The van der Waals surface area contributed by atoms with Crippen molar-refractivity contribution in [2.45, 2.75) is 31.6 Å². The van der Waals surface area contributed by atoms with Crippen LogP contribution in [0.1, 0.15) is 23.2 Å². The summed E-state index contributed by atoms with van der Waals surface area (Å²) in [6, 6.07) is 10.6. The van der Waals surface area contributed by atoms with Gasteiger partial charge in [-0.05, 0) is 56.0 Å². The third-order valence-corrected chi connectivity index (χ3v) is 7.44. The fourth-order valence-electron chi connectivity index (χ4n) is 3.52. The first-order chi connectivity index (χ1) is 15.0. The zero-order valence-corrected chi connectivity index (χ0v) is 19.2. The molecule has 1 heterocycles. The molecular weight excluding hydrogens is 435 g/mol. The second kappa shape index (κ2) is 9.17. The van der Waals surface area contributed by atoms with Crippen molar-refractivity contribution in [3.05, 3.63) is 75.2 Å². The summed E-state index contributed by atoms with van der Waals surface area (Å²) < 4.78 is 42.5. The van der Waals surface area contributed by atoms with Gasteiger partial charge in [0, 0.05) is 38.3 Å². The van der Waals surface area contributed by atoms with E-state index < -0.39 is 14.9 Å². The van der Waals surface area contributed by atoms with Crippen molar-refractivity contribution in [1.82, 2.24) is 14.1 Å². The third kappa shape index (κ3) is 4.86. The van der Waals surface area contributed by atoms with E-state index in [1.54, 1.807) is 37.7 Å². The Kier molecular flexibility index (Phi) is 6.75. The molecule has 2 aromatic carbocycles. The lowest BCUT2D eigenvalue weighted by atomic mass is 10.1. The molecular formula is C22H25FN4O4S. The van der Waals surface area contributed by atoms with Gasteiger partial charge >= 0.3 is 0 Å². The second-order valence-electron chi connectivity index (χ2n) is 7.73. The first-order valence-electron chi connectivity index (χ1n) is 10.0. The number of hydrogen-bond acceptors (Lipinski definition) is 5. The number of rotatable bonds is 8. The molecule has 0 aliphatic carbocycles. The second-order valence-corrected chi connectivity index (χ2v) is 9.74. The quantitative estimate of drug-likeness (QED) is 0.374. The molecule has 0 bridgehead atoms. The molecule has 0 saturated heterocycles. The topological polar surface area (TPSA) is 98.3 Å². The van der Waals surface area contributed by atoms with Crippen LogP contribution in [0.25, 0.3) is 11.3 Å². The van der Waals surface area contributed by atoms with Gasteiger partial charge in [0.25, 0.3) is 5.69 Å². The number of benzene rings is 2. The van der Waals surface area contributed by atoms with E-state index >= 15 is 0 Å². The van der Waals surface area contributed by atoms with E-state index in [2.05, 4.69) is 5.10 Å². The lowest BCUT2D eigenvalue weighted by Crippen LogP contribution is -2.29. The minimum Gasteiger partial charge on any atom is -0.268 e. The molecule has 8 nitrogen and oxygen atoms in total. The Morgan fingerprint density at radius 3 is 2.56 bits per heavy atom. The first kappa shape index (κ1) is 23.6. The third-order valence-electron chi connectivity index (χ3n) is 5.46. The molecule has 0 amide bonds. The molecule has 170 valence electrons. The summed E-state index contributed by atoms with van der Waals surface area (Å²) in [4.78, 5) is 10.5. The molecule has 0 unspecified atom stereocenters. The number of sulfonamides is 1. The van der Waals surface area contributed by atoms with E-state index in [4.69, 9.17) is 0 Å². The Morgan fingerprint density at radius 2 is 1.91 bits per heavy atom. The van der Waals surface area contributed by atoms with Crippen LogP contribution in [0.4, 0.5) is 10.1 Å². The predicted molar refractivity (Wildman–Crippen MR) is 119 cm³/mol. The summed E-state index contributed by atoms with van der Waals surface area (Å²) in [5.74, 6) is -0.330. The van der Waals surface area contributed by atoms with Crippen molar-refractivity contribution in [3.63, 3.8) is 0 Å². The molecule has 3 aromatic rings. The first-order valence-corrected chi connectivity index (χ1v) is 11.5. The predicted octanol–water partition coefficient (Wildman–Crippen LogP) is 4.00. The lowest BCUT2D eigenvalue weighted by Gasteiger charge is -2.19. The van der Waals surface area contributed by atoms with Crippen LogP contribution < -0.4 is 0 Å². The van der Waals surface area contributed by atoms with Gasteiger partial charge < -0.3 is 0 Å². The highest BCUT2D eigenvalue weighted by Crippen LogP contribution is 2.27. The molecule has 3 rings (SSSR count). The Labute approximate surface area is 186 Å². The van der Waals surface area contributed by atoms with E-state index in [0.29, 0.717) is 29.5 Å². The lowest BCUT2D eigenvalue weighted by molar-refractivity contribution is -0.385. The number of aryl methyl sites for hydroxylation is 3. The average Bonchev–Trinajstić information content (AvgIpc) is 3.09. The van der Waals surface area contributed by atoms with E-state index in [1.165, 1.54) is 29.6 Å². The van der Waals surface area contributed by atoms with Gasteiger partial charge in [0.1, 0.15) is 5.82 Å². The number of hydrogen-bond donors (Lipinski definition) is 0. The van der Waals surface area contributed by atoms with E-state index in [9.17, 15) is 22.9 Å². The van der Waals surface area contributed by atoms with E-state index in [0.717, 1.165) is 17.5 Å². The van der Waals surface area contributed by atoms with Gasteiger partial charge in [0.2, 0.25) is 10.0 Å². The molecule has 1 aromatic heterocycles. The summed E-state index contributed by atoms with van der Waals surface area (Å²) in [5.41, 5.74) is 3.03. The van der Waals surface area contributed by atoms with Crippen LogP contribution in [0, 0.1) is 29.8 Å². The van der Waals surface area contributed by atoms with Crippen molar-refractivity contribution < 1.29 is 17.7 Å². The Hall–Kier alpha value is -3.11. The minimum absolute atomic E-state index is 0.0575. The highest BCUT2D eigenvalue weighted by atomic mass is 32.2. The van der Waals surface area contributed by atoms with Crippen LogP contribution in [-0.4, -0.2) is 41.0 Å². The monoisotopic (exact) mass is 460 g/mol. The van der Waals surface area contributed by atoms with Gasteiger partial charge in [0.05, 0.1) is 21.2 Å². The van der Waals surface area contributed by atoms with Crippen molar-refractivity contribution in [3.8, 4) is 11.3 Å².